The molecule has 5 aromatic rings. The summed E-state index contributed by atoms with van der Waals surface area (Å²) in [5.41, 5.74) is 1.57. The molecule has 0 fully saturated rings. The quantitative estimate of drug-likeness (QED) is 0.370. The van der Waals surface area contributed by atoms with Crippen molar-refractivity contribution in [3.63, 3.8) is 0 Å². The molecule has 5 rings (SSSR count). The zero-order chi connectivity index (χ0) is 19.5. The molecule has 0 aliphatic heterocycles. The summed E-state index contributed by atoms with van der Waals surface area (Å²) < 4.78 is 11.3. The maximum absolute atomic E-state index is 6.04. The van der Waals surface area contributed by atoms with Crippen molar-refractivity contribution in [2.45, 2.75) is 0 Å². The van der Waals surface area contributed by atoms with E-state index in [9.17, 15) is 0 Å². The predicted molar refractivity (Wildman–Crippen MR) is 121 cm³/mol. The van der Waals surface area contributed by atoms with Crippen LogP contribution in [0.2, 0.25) is 0 Å². The maximum Gasteiger partial charge on any atom is 0.322 e. The number of para-hydroxylation sites is 2. The number of nitrogens with zero attached hydrogens (tertiary/aromatic N) is 2. The van der Waals surface area contributed by atoms with Crippen molar-refractivity contribution in [3.05, 3.63) is 115 Å². The molecule has 0 spiro atoms. The number of oxazole rings is 1. The number of aromatic nitrogens is 1. The molecule has 0 N–H and O–H groups in total. The lowest BCUT2D eigenvalue weighted by Crippen LogP contribution is -2.25. The van der Waals surface area contributed by atoms with E-state index in [4.69, 9.17) is 9.16 Å². The second-order valence-corrected chi connectivity index (χ2v) is 9.73. The van der Waals surface area contributed by atoms with Crippen molar-refractivity contribution in [2.75, 3.05) is 0 Å². The summed E-state index contributed by atoms with van der Waals surface area (Å²) in [5.74, 6) is 0. The smallest absolute Gasteiger partial charge is 0.322 e. The van der Waals surface area contributed by atoms with Crippen LogP contribution in [0.25, 0.3) is 11.1 Å². The predicted octanol–water partition coefficient (Wildman–Crippen LogP) is 5.64. The fourth-order valence-electron chi connectivity index (χ4n) is 3.58. The summed E-state index contributed by atoms with van der Waals surface area (Å²) in [4.78, 5) is 4.67. The number of fused-ring (bicyclic) bond motifs is 1. The lowest BCUT2D eigenvalue weighted by molar-refractivity contribution is 0.615. The van der Waals surface area contributed by atoms with E-state index < -0.39 is 7.05 Å². The molecule has 0 atom stereocenters. The number of hydrogen-bond donors (Lipinski definition) is 0. The summed E-state index contributed by atoms with van der Waals surface area (Å²) in [6.45, 7) is 0. The normalized spacial score (nSPS) is 11.4. The molecule has 1 heterocycles. The van der Waals surface area contributed by atoms with Gasteiger partial charge in [-0.05, 0) is 12.1 Å². The highest BCUT2D eigenvalue weighted by molar-refractivity contribution is 7.87. The molecule has 140 valence electrons. The number of hydrogen-bond acceptors (Lipinski definition) is 3. The van der Waals surface area contributed by atoms with Gasteiger partial charge in [-0.1, -0.05) is 103 Å². The van der Waals surface area contributed by atoms with Gasteiger partial charge in [-0.25, -0.2) is 4.74 Å². The second-order valence-electron chi connectivity index (χ2n) is 6.71. The number of benzene rings is 4. The van der Waals surface area contributed by atoms with Gasteiger partial charge in [0.05, 0.1) is 7.05 Å². The zero-order valence-corrected chi connectivity index (χ0v) is 16.6. The van der Waals surface area contributed by atoms with Crippen LogP contribution in [0.15, 0.2) is 124 Å². The third-order valence-corrected chi connectivity index (χ3v) is 8.52. The van der Waals surface area contributed by atoms with Crippen LogP contribution in [0.1, 0.15) is 0 Å². The SMILES string of the molecule is c1ccc(P(=Nc2nc3ccccc3o2)(c2ccccc2)c2ccccc2)cc1. The van der Waals surface area contributed by atoms with Crippen LogP contribution in [-0.4, -0.2) is 4.98 Å². The van der Waals surface area contributed by atoms with E-state index in [0.29, 0.717) is 6.01 Å². The van der Waals surface area contributed by atoms with Crippen molar-refractivity contribution in [2.24, 2.45) is 4.74 Å². The second kappa shape index (κ2) is 7.54. The van der Waals surface area contributed by atoms with E-state index in [0.717, 1.165) is 11.1 Å². The van der Waals surface area contributed by atoms with Crippen LogP contribution < -0.4 is 15.9 Å². The average molecular weight is 394 g/mol. The molecule has 3 nitrogen and oxygen atoms in total. The Balaban J connectivity index is 1.90. The molecule has 0 radical (unpaired) electrons. The summed E-state index contributed by atoms with van der Waals surface area (Å²) in [7, 11) is -2.36. The molecule has 4 aromatic carbocycles. The van der Waals surface area contributed by atoms with Crippen molar-refractivity contribution in [3.8, 4) is 0 Å². The Morgan fingerprint density at radius 1 is 0.552 bits per heavy atom. The van der Waals surface area contributed by atoms with E-state index in [-0.39, 0.29) is 0 Å². The van der Waals surface area contributed by atoms with Crippen molar-refractivity contribution in [1.29, 1.82) is 0 Å². The zero-order valence-electron chi connectivity index (χ0n) is 15.7. The minimum atomic E-state index is -2.36. The largest absolute Gasteiger partial charge is 0.422 e. The van der Waals surface area contributed by atoms with Gasteiger partial charge in [0, 0.05) is 15.9 Å². The van der Waals surface area contributed by atoms with Crippen molar-refractivity contribution >= 4 is 40.1 Å². The van der Waals surface area contributed by atoms with Crippen LogP contribution in [0.3, 0.4) is 0 Å². The molecular formula is C25H19N2OP. The highest BCUT2D eigenvalue weighted by Crippen LogP contribution is 2.49. The standard InChI is InChI=1S/C25H19N2OP/c1-4-12-20(13-5-1)29(21-14-6-2-7-15-21,22-16-8-3-9-17-22)27-25-26-23-18-10-11-19-24(23)28-25/h1-19H. The molecular weight excluding hydrogens is 375 g/mol. The van der Waals surface area contributed by atoms with Crippen LogP contribution in [0.4, 0.5) is 6.01 Å². The first kappa shape index (κ1) is 17.7. The van der Waals surface area contributed by atoms with E-state index >= 15 is 0 Å². The monoisotopic (exact) mass is 394 g/mol. The molecule has 0 saturated carbocycles. The minimum Gasteiger partial charge on any atom is -0.422 e. The van der Waals surface area contributed by atoms with Crippen LogP contribution in [0.5, 0.6) is 0 Å². The Morgan fingerprint density at radius 2 is 1.00 bits per heavy atom. The van der Waals surface area contributed by atoms with Gasteiger partial charge in [0.1, 0.15) is 5.52 Å². The summed E-state index contributed by atoms with van der Waals surface area (Å²) in [5, 5.41) is 3.50. The van der Waals surface area contributed by atoms with E-state index in [1.807, 2.05) is 42.5 Å². The Labute approximate surface area is 169 Å². The van der Waals surface area contributed by atoms with Crippen LogP contribution >= 0.6 is 7.05 Å². The molecule has 4 heteroatoms. The average Bonchev–Trinajstić information content (AvgIpc) is 3.22. The Bertz CT molecular complexity index is 1160. The first-order valence-corrected chi connectivity index (χ1v) is 11.3. The molecule has 0 saturated heterocycles. The van der Waals surface area contributed by atoms with Gasteiger partial charge in [0.25, 0.3) is 0 Å². The topological polar surface area (TPSA) is 38.4 Å². The minimum absolute atomic E-state index is 0.413. The van der Waals surface area contributed by atoms with Crippen molar-refractivity contribution < 1.29 is 4.42 Å². The first-order valence-electron chi connectivity index (χ1n) is 9.51. The fraction of sp³-hybridized carbons (Fsp3) is 0. The van der Waals surface area contributed by atoms with Gasteiger partial charge in [-0.3, -0.25) is 0 Å². The first-order chi connectivity index (χ1) is 14.4. The molecule has 1 aromatic heterocycles. The molecule has 29 heavy (non-hydrogen) atoms. The van der Waals surface area contributed by atoms with E-state index in [1.54, 1.807) is 0 Å². The summed E-state index contributed by atoms with van der Waals surface area (Å²) in [6, 6.07) is 39.6. The van der Waals surface area contributed by atoms with E-state index in [1.165, 1.54) is 15.9 Å². The lowest BCUT2D eigenvalue weighted by atomic mass is 10.3. The summed E-state index contributed by atoms with van der Waals surface area (Å²) >= 11 is 0. The Kier molecular flexibility index (Phi) is 4.59. The van der Waals surface area contributed by atoms with Gasteiger partial charge in [0.2, 0.25) is 0 Å². The molecule has 0 amide bonds. The van der Waals surface area contributed by atoms with Gasteiger partial charge >= 0.3 is 6.01 Å². The van der Waals surface area contributed by atoms with Gasteiger partial charge < -0.3 is 4.42 Å². The molecule has 0 unspecified atom stereocenters. The Hall–Kier alpha value is -3.42. The lowest BCUT2D eigenvalue weighted by Gasteiger charge is -2.25. The van der Waals surface area contributed by atoms with E-state index in [2.05, 4.69) is 77.8 Å². The molecule has 0 bridgehead atoms. The number of rotatable bonds is 4. The van der Waals surface area contributed by atoms with Crippen LogP contribution in [0, 0.1) is 0 Å². The van der Waals surface area contributed by atoms with Crippen molar-refractivity contribution in [1.82, 2.24) is 4.98 Å². The fourth-order valence-corrected chi connectivity index (χ4v) is 6.98. The molecule has 0 aliphatic rings. The van der Waals surface area contributed by atoms with Gasteiger partial charge in [-0.2, -0.15) is 4.98 Å². The van der Waals surface area contributed by atoms with Crippen LogP contribution in [-0.2, 0) is 0 Å². The Morgan fingerprint density at radius 3 is 1.48 bits per heavy atom. The highest BCUT2D eigenvalue weighted by atomic mass is 31.2. The van der Waals surface area contributed by atoms with Gasteiger partial charge in [-0.15, -0.1) is 0 Å². The maximum atomic E-state index is 6.04. The highest BCUT2D eigenvalue weighted by Gasteiger charge is 2.28. The molecule has 0 aliphatic carbocycles. The third kappa shape index (κ3) is 3.20. The summed E-state index contributed by atoms with van der Waals surface area (Å²) in [6.07, 6.45) is 0. The van der Waals surface area contributed by atoms with Gasteiger partial charge in [0.15, 0.2) is 5.58 Å². The third-order valence-electron chi connectivity index (χ3n) is 4.91.